The van der Waals surface area contributed by atoms with Crippen molar-refractivity contribution < 1.29 is 4.74 Å². The van der Waals surface area contributed by atoms with Crippen molar-refractivity contribution in [1.29, 1.82) is 0 Å². The summed E-state index contributed by atoms with van der Waals surface area (Å²) in [5.74, 6) is 0.633. The number of rotatable bonds is 5. The van der Waals surface area contributed by atoms with Gasteiger partial charge in [0.15, 0.2) is 0 Å². The van der Waals surface area contributed by atoms with Crippen LogP contribution in [0, 0.1) is 12.0 Å². The fourth-order valence-electron chi connectivity index (χ4n) is 1.64. The minimum absolute atomic E-state index is 0.633. The minimum Gasteiger partial charge on any atom is -0.375 e. The van der Waals surface area contributed by atoms with Gasteiger partial charge in [0.25, 0.3) is 0 Å². The molecular weight excluding hydrogens is 204 g/mol. The summed E-state index contributed by atoms with van der Waals surface area (Å²) in [6.07, 6.45) is 10.2. The summed E-state index contributed by atoms with van der Waals surface area (Å²) in [6, 6.07) is 0. The molecule has 0 aromatic rings. The highest BCUT2D eigenvalue weighted by Crippen LogP contribution is 2.25. The summed E-state index contributed by atoms with van der Waals surface area (Å²) < 4.78 is 5.40. The Morgan fingerprint density at radius 3 is 2.80 bits per heavy atom. The summed E-state index contributed by atoms with van der Waals surface area (Å²) >= 11 is 5.32. The molecule has 0 atom stereocenters. The van der Waals surface area contributed by atoms with Gasteiger partial charge in [0.1, 0.15) is 6.10 Å². The Morgan fingerprint density at radius 2 is 2.27 bits per heavy atom. The average Bonchev–Trinajstić information content (AvgIpc) is 2.19. The molecule has 1 rings (SSSR count). The average molecular weight is 223 g/mol. The summed E-state index contributed by atoms with van der Waals surface area (Å²) in [5, 5.41) is 0. The maximum absolute atomic E-state index is 5.40. The van der Waals surface area contributed by atoms with Crippen LogP contribution in [-0.4, -0.2) is 12.0 Å². The van der Waals surface area contributed by atoms with E-state index in [1.807, 2.05) is 0 Å². The molecule has 0 bridgehead atoms. The van der Waals surface area contributed by atoms with Gasteiger partial charge in [0.05, 0.1) is 0 Å². The summed E-state index contributed by atoms with van der Waals surface area (Å²) in [5.41, 5.74) is 1.24. The molecule has 0 aliphatic heterocycles. The lowest BCUT2D eigenvalue weighted by Gasteiger charge is -2.19. The molecule has 0 unspecified atom stereocenters. The lowest BCUT2D eigenvalue weighted by atomic mass is 9.95. The van der Waals surface area contributed by atoms with Crippen LogP contribution in [0.3, 0.4) is 0 Å². The van der Waals surface area contributed by atoms with Gasteiger partial charge in [0, 0.05) is 24.8 Å². The van der Waals surface area contributed by atoms with Crippen LogP contribution in [-0.2, 0) is 4.74 Å². The molecule has 0 spiro atoms. The van der Waals surface area contributed by atoms with Gasteiger partial charge in [-0.05, 0) is 17.9 Å². The first-order valence-corrected chi connectivity index (χ1v) is 5.82. The van der Waals surface area contributed by atoms with E-state index in [1.165, 1.54) is 5.57 Å². The molecule has 0 saturated heterocycles. The van der Waals surface area contributed by atoms with Gasteiger partial charge >= 0.3 is 0 Å². The first-order chi connectivity index (χ1) is 7.13. The van der Waals surface area contributed by atoms with Crippen molar-refractivity contribution in [2.75, 3.05) is 7.11 Å². The van der Waals surface area contributed by atoms with Crippen LogP contribution in [0.2, 0.25) is 0 Å². The van der Waals surface area contributed by atoms with Crippen LogP contribution >= 0.6 is 12.2 Å². The van der Waals surface area contributed by atoms with E-state index in [-0.39, 0.29) is 0 Å². The molecule has 0 saturated carbocycles. The van der Waals surface area contributed by atoms with E-state index in [4.69, 9.17) is 17.0 Å². The summed E-state index contributed by atoms with van der Waals surface area (Å²) in [6.45, 7) is 4.40. The van der Waals surface area contributed by atoms with E-state index in [1.54, 1.807) is 7.11 Å². The molecule has 0 heterocycles. The van der Waals surface area contributed by atoms with Crippen molar-refractivity contribution in [3.8, 4) is 0 Å². The predicted octanol–water partition coefficient (Wildman–Crippen LogP) is 3.86. The standard InChI is InChI=1S/C13H19OS/c1-10(2)8-12(14-3)9-11-6-4-5-7-13(11)15/h4-6,10H,7-9H2,1-3H3. The van der Waals surface area contributed by atoms with Gasteiger partial charge in [-0.1, -0.05) is 44.3 Å². The Kier molecular flexibility index (Phi) is 5.20. The zero-order chi connectivity index (χ0) is 11.3. The molecule has 0 amide bonds. The van der Waals surface area contributed by atoms with Crippen molar-refractivity contribution in [2.45, 2.75) is 33.1 Å². The molecule has 0 aromatic carbocycles. The molecule has 1 nitrogen and oxygen atoms in total. The summed E-state index contributed by atoms with van der Waals surface area (Å²) in [7, 11) is 1.75. The number of hydrogen-bond donors (Lipinski definition) is 0. The molecule has 83 valence electrons. The number of ether oxygens (including phenoxy) is 1. The van der Waals surface area contributed by atoms with E-state index >= 15 is 0 Å². The Labute approximate surface area is 98.2 Å². The maximum Gasteiger partial charge on any atom is 0.101 e. The molecule has 2 heteroatoms. The second-order valence-corrected chi connectivity index (χ2v) is 4.76. The zero-order valence-electron chi connectivity index (χ0n) is 9.75. The lowest BCUT2D eigenvalue weighted by molar-refractivity contribution is 0.181. The number of methoxy groups -OCH3 is 1. The van der Waals surface area contributed by atoms with E-state index < -0.39 is 0 Å². The number of hydrogen-bond acceptors (Lipinski definition) is 2. The fourth-order valence-corrected chi connectivity index (χ4v) is 1.87. The largest absolute Gasteiger partial charge is 0.375 e. The highest BCUT2D eigenvalue weighted by Gasteiger charge is 2.16. The second-order valence-electron chi connectivity index (χ2n) is 4.26. The molecular formula is C13H19OS. The molecule has 0 fully saturated rings. The van der Waals surface area contributed by atoms with E-state index in [0.29, 0.717) is 5.92 Å². The lowest BCUT2D eigenvalue weighted by Crippen LogP contribution is -2.10. The van der Waals surface area contributed by atoms with Crippen molar-refractivity contribution >= 4 is 17.1 Å². The van der Waals surface area contributed by atoms with Crippen LogP contribution in [0.15, 0.2) is 23.8 Å². The van der Waals surface area contributed by atoms with Crippen molar-refractivity contribution in [1.82, 2.24) is 0 Å². The molecule has 1 aliphatic carbocycles. The van der Waals surface area contributed by atoms with Crippen LogP contribution in [0.1, 0.15) is 33.1 Å². The van der Waals surface area contributed by atoms with Crippen molar-refractivity contribution in [3.05, 3.63) is 29.9 Å². The van der Waals surface area contributed by atoms with Crippen LogP contribution in [0.4, 0.5) is 0 Å². The Hall–Kier alpha value is -0.470. The predicted molar refractivity (Wildman–Crippen MR) is 68.8 cm³/mol. The van der Waals surface area contributed by atoms with Crippen LogP contribution in [0.5, 0.6) is 0 Å². The first-order valence-electron chi connectivity index (χ1n) is 5.41. The van der Waals surface area contributed by atoms with Gasteiger partial charge in [-0.25, -0.2) is 0 Å². The topological polar surface area (TPSA) is 9.23 Å². The Bertz CT molecular complexity index is 276. The Balaban J connectivity index is 2.54. The second kappa shape index (κ2) is 6.19. The first kappa shape index (κ1) is 12.6. The van der Waals surface area contributed by atoms with Gasteiger partial charge < -0.3 is 4.74 Å². The van der Waals surface area contributed by atoms with Gasteiger partial charge in [-0.15, -0.1) is 0 Å². The van der Waals surface area contributed by atoms with Crippen molar-refractivity contribution in [3.63, 3.8) is 0 Å². The maximum atomic E-state index is 5.40. The van der Waals surface area contributed by atoms with Crippen molar-refractivity contribution in [2.24, 2.45) is 5.92 Å². The quantitative estimate of drug-likeness (QED) is 0.655. The van der Waals surface area contributed by atoms with Crippen LogP contribution in [0.25, 0.3) is 0 Å². The molecule has 0 aromatic heterocycles. The molecule has 1 radical (unpaired) electrons. The van der Waals surface area contributed by atoms with Gasteiger partial charge in [-0.3, -0.25) is 0 Å². The van der Waals surface area contributed by atoms with Crippen LogP contribution < -0.4 is 0 Å². The number of allylic oxidation sites excluding steroid dienone is 3. The zero-order valence-corrected chi connectivity index (χ0v) is 10.6. The third-order valence-corrected chi connectivity index (χ3v) is 2.84. The molecule has 1 aliphatic rings. The van der Waals surface area contributed by atoms with E-state index in [0.717, 1.165) is 30.2 Å². The SMILES string of the molecule is CO[C](CC1=CC=CCC1=S)CC(C)C. The van der Waals surface area contributed by atoms with E-state index in [2.05, 4.69) is 32.1 Å². The smallest absolute Gasteiger partial charge is 0.101 e. The fraction of sp³-hybridized carbons (Fsp3) is 0.538. The minimum atomic E-state index is 0.633. The molecule has 0 N–H and O–H groups in total. The molecule has 15 heavy (non-hydrogen) atoms. The van der Waals surface area contributed by atoms with Gasteiger partial charge in [-0.2, -0.15) is 0 Å². The third-order valence-electron chi connectivity index (χ3n) is 2.41. The number of thiocarbonyl (C=S) groups is 1. The van der Waals surface area contributed by atoms with E-state index in [9.17, 15) is 0 Å². The summed E-state index contributed by atoms with van der Waals surface area (Å²) in [4.78, 5) is 1.05. The normalized spacial score (nSPS) is 16.3. The monoisotopic (exact) mass is 223 g/mol. The highest BCUT2D eigenvalue weighted by molar-refractivity contribution is 7.80. The highest BCUT2D eigenvalue weighted by atomic mass is 32.1. The van der Waals surface area contributed by atoms with Gasteiger partial charge in [0.2, 0.25) is 0 Å². The third kappa shape index (κ3) is 4.27. The Morgan fingerprint density at radius 1 is 1.53 bits per heavy atom.